The summed E-state index contributed by atoms with van der Waals surface area (Å²) in [5, 5.41) is 2.98. The summed E-state index contributed by atoms with van der Waals surface area (Å²) in [6.07, 6.45) is 0. The quantitative estimate of drug-likeness (QED) is 0.896. The van der Waals surface area contributed by atoms with E-state index in [2.05, 4.69) is 24.1 Å². The van der Waals surface area contributed by atoms with Gasteiger partial charge in [0.25, 0.3) is 0 Å². The molecule has 1 aromatic carbocycles. The van der Waals surface area contributed by atoms with Crippen LogP contribution in [0.4, 0.5) is 14.5 Å². The van der Waals surface area contributed by atoms with Gasteiger partial charge >= 0.3 is 0 Å². The molecule has 1 heterocycles. The molecule has 1 N–H and O–H groups in total. The van der Waals surface area contributed by atoms with Gasteiger partial charge in [0.1, 0.15) is 11.6 Å². The Morgan fingerprint density at radius 3 is 2.38 bits per heavy atom. The molecular formula is C18H27F2N3O. The molecule has 1 fully saturated rings. The van der Waals surface area contributed by atoms with Crippen molar-refractivity contribution in [2.75, 3.05) is 37.6 Å². The van der Waals surface area contributed by atoms with Crippen molar-refractivity contribution in [1.82, 2.24) is 10.2 Å². The smallest absolute Gasteiger partial charge is 0.239 e. The van der Waals surface area contributed by atoms with Crippen molar-refractivity contribution < 1.29 is 13.6 Å². The molecule has 4 nitrogen and oxygen atoms in total. The number of halogens is 2. The van der Waals surface area contributed by atoms with Gasteiger partial charge in [-0.2, -0.15) is 0 Å². The minimum absolute atomic E-state index is 0.0117. The maximum atomic E-state index is 13.9. The van der Waals surface area contributed by atoms with E-state index >= 15 is 0 Å². The lowest BCUT2D eigenvalue weighted by Crippen LogP contribution is -2.61. The van der Waals surface area contributed by atoms with Crippen LogP contribution in [0.25, 0.3) is 0 Å². The fourth-order valence-electron chi connectivity index (χ4n) is 2.90. The molecule has 0 bridgehead atoms. The predicted octanol–water partition coefficient (Wildman–Crippen LogP) is 2.64. The number of rotatable bonds is 5. The third-order valence-corrected chi connectivity index (χ3v) is 4.55. The van der Waals surface area contributed by atoms with E-state index in [1.54, 1.807) is 0 Å². The molecule has 1 aliphatic heterocycles. The van der Waals surface area contributed by atoms with E-state index in [0.717, 1.165) is 6.07 Å². The Morgan fingerprint density at radius 2 is 1.83 bits per heavy atom. The molecule has 1 aromatic rings. The second kappa shape index (κ2) is 7.47. The first-order valence-electron chi connectivity index (χ1n) is 8.45. The van der Waals surface area contributed by atoms with Crippen LogP contribution in [-0.2, 0) is 4.79 Å². The van der Waals surface area contributed by atoms with E-state index in [1.165, 1.54) is 12.1 Å². The third-order valence-electron chi connectivity index (χ3n) is 4.55. The van der Waals surface area contributed by atoms with Crippen LogP contribution in [0, 0.1) is 17.6 Å². The highest BCUT2D eigenvalue weighted by atomic mass is 19.1. The van der Waals surface area contributed by atoms with Crippen molar-refractivity contribution in [3.63, 3.8) is 0 Å². The SMILES string of the molecule is CC(C)CNC(=O)C(C)(C)N1CCN(c2ccc(F)cc2F)CC1. The van der Waals surface area contributed by atoms with E-state index < -0.39 is 17.2 Å². The molecule has 24 heavy (non-hydrogen) atoms. The van der Waals surface area contributed by atoms with Crippen molar-refractivity contribution in [3.8, 4) is 0 Å². The summed E-state index contributed by atoms with van der Waals surface area (Å²) in [5.41, 5.74) is -0.194. The van der Waals surface area contributed by atoms with Gasteiger partial charge in [0, 0.05) is 38.8 Å². The summed E-state index contributed by atoms with van der Waals surface area (Å²) in [5.74, 6) is -0.698. The molecule has 0 saturated carbocycles. The van der Waals surface area contributed by atoms with E-state index in [4.69, 9.17) is 0 Å². The van der Waals surface area contributed by atoms with Crippen molar-refractivity contribution >= 4 is 11.6 Å². The van der Waals surface area contributed by atoms with Crippen LogP contribution in [0.5, 0.6) is 0 Å². The molecule has 134 valence electrons. The van der Waals surface area contributed by atoms with Crippen molar-refractivity contribution in [3.05, 3.63) is 29.8 Å². The standard InChI is InChI=1S/C18H27F2N3O/c1-13(2)12-21-17(24)18(3,4)23-9-7-22(8-10-23)16-6-5-14(19)11-15(16)20/h5-6,11,13H,7-10,12H2,1-4H3,(H,21,24). The largest absolute Gasteiger partial charge is 0.367 e. The van der Waals surface area contributed by atoms with Gasteiger partial charge in [-0.15, -0.1) is 0 Å². The van der Waals surface area contributed by atoms with Gasteiger partial charge in [0.2, 0.25) is 5.91 Å². The Kier molecular flexibility index (Phi) is 5.80. The molecule has 1 amide bonds. The highest BCUT2D eigenvalue weighted by Gasteiger charge is 2.36. The van der Waals surface area contributed by atoms with Crippen LogP contribution >= 0.6 is 0 Å². The number of carbonyl (C=O) groups is 1. The van der Waals surface area contributed by atoms with Crippen LogP contribution < -0.4 is 10.2 Å². The summed E-state index contributed by atoms with van der Waals surface area (Å²) in [4.78, 5) is 16.5. The molecule has 1 saturated heterocycles. The zero-order valence-electron chi connectivity index (χ0n) is 14.9. The number of hydrogen-bond acceptors (Lipinski definition) is 3. The maximum absolute atomic E-state index is 13.9. The first kappa shape index (κ1) is 18.6. The minimum Gasteiger partial charge on any atom is -0.367 e. The van der Waals surface area contributed by atoms with Crippen molar-refractivity contribution in [2.45, 2.75) is 33.2 Å². The van der Waals surface area contributed by atoms with Gasteiger partial charge < -0.3 is 10.2 Å². The molecule has 0 unspecified atom stereocenters. The van der Waals surface area contributed by atoms with Crippen molar-refractivity contribution in [1.29, 1.82) is 0 Å². The molecule has 2 rings (SSSR count). The average Bonchev–Trinajstić information content (AvgIpc) is 2.52. The Hall–Kier alpha value is -1.69. The van der Waals surface area contributed by atoms with Gasteiger partial charge in [0.05, 0.1) is 11.2 Å². The van der Waals surface area contributed by atoms with E-state index in [9.17, 15) is 13.6 Å². The lowest BCUT2D eigenvalue weighted by atomic mass is 9.99. The number of carbonyl (C=O) groups excluding carboxylic acids is 1. The van der Waals surface area contributed by atoms with Crippen LogP contribution in [0.2, 0.25) is 0 Å². The van der Waals surface area contributed by atoms with E-state index in [1.807, 2.05) is 18.7 Å². The first-order valence-corrected chi connectivity index (χ1v) is 8.45. The summed E-state index contributed by atoms with van der Waals surface area (Å²) < 4.78 is 27.0. The Balaban J connectivity index is 1.97. The minimum atomic E-state index is -0.609. The highest BCUT2D eigenvalue weighted by Crippen LogP contribution is 2.24. The first-order chi connectivity index (χ1) is 11.2. The molecule has 0 spiro atoms. The normalized spacial score (nSPS) is 16.5. The number of anilines is 1. The van der Waals surface area contributed by atoms with E-state index in [0.29, 0.717) is 44.3 Å². The fraction of sp³-hybridized carbons (Fsp3) is 0.611. The maximum Gasteiger partial charge on any atom is 0.239 e. The number of benzene rings is 1. The summed E-state index contributed by atoms with van der Waals surface area (Å²) in [7, 11) is 0. The average molecular weight is 339 g/mol. The second-order valence-electron chi connectivity index (χ2n) is 7.23. The third kappa shape index (κ3) is 4.23. The van der Waals surface area contributed by atoms with Crippen molar-refractivity contribution in [2.24, 2.45) is 5.92 Å². The van der Waals surface area contributed by atoms with Crippen LogP contribution in [-0.4, -0.2) is 49.1 Å². The Morgan fingerprint density at radius 1 is 1.21 bits per heavy atom. The van der Waals surface area contributed by atoms with Gasteiger partial charge in [0.15, 0.2) is 0 Å². The molecule has 1 aliphatic rings. The van der Waals surface area contributed by atoms with E-state index in [-0.39, 0.29) is 5.91 Å². The summed E-state index contributed by atoms with van der Waals surface area (Å²) >= 11 is 0. The topological polar surface area (TPSA) is 35.6 Å². The summed E-state index contributed by atoms with van der Waals surface area (Å²) in [6.45, 7) is 11.1. The monoisotopic (exact) mass is 339 g/mol. The Bertz CT molecular complexity index is 582. The molecule has 0 atom stereocenters. The number of piperazine rings is 1. The molecule has 6 heteroatoms. The zero-order chi connectivity index (χ0) is 17.9. The highest BCUT2D eigenvalue weighted by molar-refractivity contribution is 5.85. The van der Waals surface area contributed by atoms with Crippen LogP contribution in [0.3, 0.4) is 0 Å². The van der Waals surface area contributed by atoms with Gasteiger partial charge in [-0.05, 0) is 31.9 Å². The number of nitrogens with zero attached hydrogens (tertiary/aromatic N) is 2. The fourth-order valence-corrected chi connectivity index (χ4v) is 2.90. The van der Waals surface area contributed by atoms with Gasteiger partial charge in [-0.25, -0.2) is 8.78 Å². The lowest BCUT2D eigenvalue weighted by Gasteiger charge is -2.43. The zero-order valence-corrected chi connectivity index (χ0v) is 14.9. The number of nitrogens with one attached hydrogen (secondary N) is 1. The molecule has 0 aromatic heterocycles. The summed E-state index contributed by atoms with van der Waals surface area (Å²) in [6, 6.07) is 3.65. The lowest BCUT2D eigenvalue weighted by molar-refractivity contribution is -0.132. The molecular weight excluding hydrogens is 312 g/mol. The number of hydrogen-bond donors (Lipinski definition) is 1. The van der Waals surface area contributed by atoms with Gasteiger partial charge in [-0.3, -0.25) is 9.69 Å². The predicted molar refractivity (Wildman–Crippen MR) is 92.1 cm³/mol. The van der Waals surface area contributed by atoms with Crippen LogP contribution in [0.1, 0.15) is 27.7 Å². The Labute approximate surface area is 142 Å². The number of amides is 1. The molecule has 0 aliphatic carbocycles. The van der Waals surface area contributed by atoms with Gasteiger partial charge in [-0.1, -0.05) is 13.8 Å². The molecule has 0 radical (unpaired) electrons. The van der Waals surface area contributed by atoms with Crippen LogP contribution in [0.15, 0.2) is 18.2 Å². The second-order valence-corrected chi connectivity index (χ2v) is 7.23.